The third-order valence-corrected chi connectivity index (χ3v) is 1.27. The van der Waals surface area contributed by atoms with E-state index in [0.29, 0.717) is 6.61 Å². The van der Waals surface area contributed by atoms with Crippen LogP contribution in [0, 0.1) is 0 Å². The third-order valence-electron chi connectivity index (χ3n) is 1.08. The standard InChI is InChI=1S/C7H11ClO4.C2H3ClO/c1-11-4-5-12-7(10)3-2-6(8)9;1-2(3)4/h2-5H2,1H3;1H3. The topological polar surface area (TPSA) is 69.7 Å². The summed E-state index contributed by atoms with van der Waals surface area (Å²) < 4.78 is 9.31. The first-order chi connectivity index (χ1) is 7.40. The second kappa shape index (κ2) is 12.4. The highest BCUT2D eigenvalue weighted by Gasteiger charge is 2.04. The Morgan fingerprint density at radius 1 is 1.06 bits per heavy atom. The molecule has 16 heavy (non-hydrogen) atoms. The van der Waals surface area contributed by atoms with E-state index in [1.54, 1.807) is 0 Å². The van der Waals surface area contributed by atoms with Gasteiger partial charge in [-0.15, -0.1) is 0 Å². The molecule has 5 nitrogen and oxygen atoms in total. The first-order valence-corrected chi connectivity index (χ1v) is 5.14. The molecular weight excluding hydrogens is 259 g/mol. The van der Waals surface area contributed by atoms with Crippen molar-refractivity contribution in [2.75, 3.05) is 20.3 Å². The van der Waals surface area contributed by atoms with Crippen LogP contribution in [-0.2, 0) is 23.9 Å². The van der Waals surface area contributed by atoms with Gasteiger partial charge in [-0.25, -0.2) is 0 Å². The maximum atomic E-state index is 10.7. The second-order valence-electron chi connectivity index (χ2n) is 2.54. The highest BCUT2D eigenvalue weighted by Crippen LogP contribution is 1.96. The van der Waals surface area contributed by atoms with Gasteiger partial charge >= 0.3 is 5.97 Å². The van der Waals surface area contributed by atoms with Gasteiger partial charge in [-0.05, 0) is 23.2 Å². The molecule has 0 saturated carbocycles. The van der Waals surface area contributed by atoms with Gasteiger partial charge < -0.3 is 9.47 Å². The van der Waals surface area contributed by atoms with E-state index < -0.39 is 11.2 Å². The van der Waals surface area contributed by atoms with Crippen molar-refractivity contribution in [2.45, 2.75) is 19.8 Å². The Hall–Kier alpha value is -0.650. The molecule has 0 saturated heterocycles. The van der Waals surface area contributed by atoms with Crippen molar-refractivity contribution >= 4 is 39.7 Å². The number of carbonyl (C=O) groups is 3. The lowest BCUT2D eigenvalue weighted by molar-refractivity contribution is -0.145. The number of esters is 1. The Labute approximate surface area is 104 Å². The van der Waals surface area contributed by atoms with E-state index in [0.717, 1.165) is 0 Å². The monoisotopic (exact) mass is 272 g/mol. The van der Waals surface area contributed by atoms with Crippen molar-refractivity contribution in [3.63, 3.8) is 0 Å². The number of ether oxygens (including phenoxy) is 2. The molecule has 0 heterocycles. The second-order valence-corrected chi connectivity index (χ2v) is 3.49. The van der Waals surface area contributed by atoms with Crippen LogP contribution in [0.1, 0.15) is 19.8 Å². The minimum atomic E-state index is -0.529. The van der Waals surface area contributed by atoms with Gasteiger partial charge in [-0.2, -0.15) is 0 Å². The molecule has 0 amide bonds. The van der Waals surface area contributed by atoms with E-state index in [1.807, 2.05) is 0 Å². The molecule has 0 N–H and O–H groups in total. The largest absolute Gasteiger partial charge is 0.463 e. The van der Waals surface area contributed by atoms with Gasteiger partial charge in [0.2, 0.25) is 10.5 Å². The van der Waals surface area contributed by atoms with Crippen LogP contribution in [0.2, 0.25) is 0 Å². The lowest BCUT2D eigenvalue weighted by Crippen LogP contribution is -2.10. The van der Waals surface area contributed by atoms with E-state index in [1.165, 1.54) is 14.0 Å². The van der Waals surface area contributed by atoms with E-state index in [2.05, 4.69) is 21.1 Å². The van der Waals surface area contributed by atoms with Crippen molar-refractivity contribution in [1.29, 1.82) is 0 Å². The summed E-state index contributed by atoms with van der Waals surface area (Å²) in [5.41, 5.74) is 0. The van der Waals surface area contributed by atoms with E-state index >= 15 is 0 Å². The quantitative estimate of drug-likeness (QED) is 0.416. The number of halogens is 2. The molecule has 0 spiro atoms. The molecule has 0 aromatic carbocycles. The molecule has 0 aliphatic rings. The van der Waals surface area contributed by atoms with E-state index in [4.69, 9.17) is 11.6 Å². The summed E-state index contributed by atoms with van der Waals surface area (Å²) in [4.78, 5) is 30.2. The predicted molar refractivity (Wildman–Crippen MR) is 59.5 cm³/mol. The third kappa shape index (κ3) is 23.3. The lowest BCUT2D eigenvalue weighted by atomic mass is 10.3. The summed E-state index contributed by atoms with van der Waals surface area (Å²) in [7, 11) is 1.51. The van der Waals surface area contributed by atoms with Crippen molar-refractivity contribution < 1.29 is 23.9 Å². The zero-order valence-electron chi connectivity index (χ0n) is 9.13. The fourth-order valence-corrected chi connectivity index (χ4v) is 0.606. The Balaban J connectivity index is 0. The summed E-state index contributed by atoms with van der Waals surface area (Å²) in [5.74, 6) is -0.430. The molecular formula is C9H14Cl2O5. The minimum absolute atomic E-state index is 0.0212. The summed E-state index contributed by atoms with van der Waals surface area (Å²) in [6.45, 7) is 1.87. The molecule has 0 atom stereocenters. The molecule has 0 fully saturated rings. The Morgan fingerprint density at radius 2 is 1.56 bits per heavy atom. The average Bonchev–Trinajstić information content (AvgIpc) is 2.14. The molecule has 94 valence electrons. The molecule has 0 bridgehead atoms. The zero-order valence-corrected chi connectivity index (χ0v) is 10.6. The SMILES string of the molecule is CC(=O)Cl.COCCOC(=O)CCC(=O)Cl. The van der Waals surface area contributed by atoms with Gasteiger partial charge in [-0.1, -0.05) is 0 Å². The van der Waals surface area contributed by atoms with Crippen LogP contribution in [0.25, 0.3) is 0 Å². The molecule has 0 aliphatic carbocycles. The maximum absolute atomic E-state index is 10.7. The van der Waals surface area contributed by atoms with Gasteiger partial charge in [0.05, 0.1) is 13.0 Å². The molecule has 0 aliphatic heterocycles. The summed E-state index contributed by atoms with van der Waals surface area (Å²) in [6.07, 6.45) is 0.0550. The highest BCUT2D eigenvalue weighted by molar-refractivity contribution is 6.63. The normalized spacial score (nSPS) is 8.75. The number of hydrogen-bond acceptors (Lipinski definition) is 5. The van der Waals surface area contributed by atoms with Crippen molar-refractivity contribution in [3.05, 3.63) is 0 Å². The smallest absolute Gasteiger partial charge is 0.306 e. The number of carbonyl (C=O) groups excluding carboxylic acids is 3. The first-order valence-electron chi connectivity index (χ1n) is 4.39. The molecule has 0 radical (unpaired) electrons. The molecule has 0 aromatic rings. The summed E-state index contributed by atoms with van der Waals surface area (Å²) >= 11 is 9.65. The summed E-state index contributed by atoms with van der Waals surface area (Å²) in [5, 5.41) is -0.890. The van der Waals surface area contributed by atoms with Gasteiger partial charge in [-0.3, -0.25) is 14.4 Å². The molecule has 0 unspecified atom stereocenters. The Morgan fingerprint density at radius 3 is 1.94 bits per heavy atom. The average molecular weight is 273 g/mol. The van der Waals surface area contributed by atoms with Gasteiger partial charge in [0.25, 0.3) is 0 Å². The van der Waals surface area contributed by atoms with Crippen LogP contribution in [0.4, 0.5) is 0 Å². The van der Waals surface area contributed by atoms with Gasteiger partial charge in [0.15, 0.2) is 0 Å². The van der Waals surface area contributed by atoms with Crippen LogP contribution in [-0.4, -0.2) is 36.8 Å². The Kier molecular flexibility index (Phi) is 13.8. The van der Waals surface area contributed by atoms with Crippen molar-refractivity contribution in [2.24, 2.45) is 0 Å². The fraction of sp³-hybridized carbons (Fsp3) is 0.667. The van der Waals surface area contributed by atoms with Crippen LogP contribution in [0.5, 0.6) is 0 Å². The van der Waals surface area contributed by atoms with Crippen LogP contribution in [0.15, 0.2) is 0 Å². The van der Waals surface area contributed by atoms with Gasteiger partial charge in [0.1, 0.15) is 6.61 Å². The Bertz CT molecular complexity index is 226. The molecule has 0 aromatic heterocycles. The lowest BCUT2D eigenvalue weighted by Gasteiger charge is -2.01. The molecule has 7 heteroatoms. The van der Waals surface area contributed by atoms with Crippen LogP contribution >= 0.6 is 23.2 Å². The van der Waals surface area contributed by atoms with Crippen molar-refractivity contribution in [1.82, 2.24) is 0 Å². The van der Waals surface area contributed by atoms with Crippen LogP contribution in [0.3, 0.4) is 0 Å². The summed E-state index contributed by atoms with van der Waals surface area (Å²) in [6, 6.07) is 0. The zero-order chi connectivity index (χ0) is 13.0. The van der Waals surface area contributed by atoms with Crippen LogP contribution < -0.4 is 0 Å². The highest BCUT2D eigenvalue weighted by atomic mass is 35.5. The number of hydrogen-bond donors (Lipinski definition) is 0. The minimum Gasteiger partial charge on any atom is -0.463 e. The van der Waals surface area contributed by atoms with Crippen molar-refractivity contribution in [3.8, 4) is 0 Å². The number of rotatable bonds is 6. The maximum Gasteiger partial charge on any atom is 0.306 e. The van der Waals surface area contributed by atoms with E-state index in [9.17, 15) is 14.4 Å². The van der Waals surface area contributed by atoms with Gasteiger partial charge in [0, 0.05) is 20.5 Å². The molecule has 0 rings (SSSR count). The fourth-order valence-electron chi connectivity index (χ4n) is 0.511. The first kappa shape index (κ1) is 17.7. The number of methoxy groups -OCH3 is 1. The predicted octanol–water partition coefficient (Wildman–Crippen LogP) is 1.49. The van der Waals surface area contributed by atoms with E-state index in [-0.39, 0.29) is 24.7 Å².